The Morgan fingerprint density at radius 3 is 2.89 bits per heavy atom. The first-order valence-corrected chi connectivity index (χ1v) is 12.8. The number of hydrogen-bond acceptors (Lipinski definition) is 8. The highest BCUT2D eigenvalue weighted by Crippen LogP contribution is 2.29. The summed E-state index contributed by atoms with van der Waals surface area (Å²) in [5.41, 5.74) is 9.05. The predicted molar refractivity (Wildman–Crippen MR) is 139 cm³/mol. The van der Waals surface area contributed by atoms with Gasteiger partial charge in [0.2, 0.25) is 0 Å². The minimum Gasteiger partial charge on any atom is -0.488 e. The molecule has 10 nitrogen and oxygen atoms in total. The largest absolute Gasteiger partial charge is 0.488 e. The fourth-order valence-corrected chi connectivity index (χ4v) is 5.15. The number of unbranched alkanes of at least 4 members (excludes halogenated alkanes) is 2. The van der Waals surface area contributed by atoms with Gasteiger partial charge in [0.15, 0.2) is 11.4 Å². The first-order chi connectivity index (χ1) is 17.5. The molecule has 5 heterocycles. The molecule has 4 aromatic rings. The summed E-state index contributed by atoms with van der Waals surface area (Å²) in [7, 11) is 1.90. The fraction of sp³-hybridized carbons (Fsp3) is 0.480. The zero-order chi connectivity index (χ0) is 25.1. The van der Waals surface area contributed by atoms with Crippen LogP contribution in [0.2, 0.25) is 5.15 Å². The van der Waals surface area contributed by atoms with Crippen LogP contribution in [0.15, 0.2) is 30.9 Å². The predicted octanol–water partition coefficient (Wildman–Crippen LogP) is 3.72. The molecule has 0 aromatic carbocycles. The fourth-order valence-electron chi connectivity index (χ4n) is 4.90. The molecule has 1 aliphatic rings. The quantitative estimate of drug-likeness (QED) is 0.254. The number of nitrogens with zero attached hydrogens (tertiary/aromatic N) is 8. The minimum absolute atomic E-state index is 0.404. The van der Waals surface area contributed by atoms with Crippen molar-refractivity contribution in [1.29, 1.82) is 0 Å². The smallest absolute Gasteiger partial charge is 0.166 e. The van der Waals surface area contributed by atoms with Crippen LogP contribution in [0.25, 0.3) is 17.0 Å². The van der Waals surface area contributed by atoms with Gasteiger partial charge in [0, 0.05) is 31.4 Å². The molecule has 11 heteroatoms. The normalized spacial score (nSPS) is 16.2. The summed E-state index contributed by atoms with van der Waals surface area (Å²) >= 11 is 6.05. The first-order valence-electron chi connectivity index (χ1n) is 12.5. The highest BCUT2D eigenvalue weighted by Gasteiger charge is 2.25. The maximum absolute atomic E-state index is 6.31. The second-order valence-electron chi connectivity index (χ2n) is 9.39. The number of hydrogen-bond donors (Lipinski definition) is 1. The van der Waals surface area contributed by atoms with E-state index >= 15 is 0 Å². The van der Waals surface area contributed by atoms with E-state index in [1.54, 1.807) is 29.3 Å². The number of rotatable bonds is 10. The summed E-state index contributed by atoms with van der Waals surface area (Å²) in [4.78, 5) is 20.2. The Morgan fingerprint density at radius 1 is 1.14 bits per heavy atom. The second kappa shape index (κ2) is 10.8. The molecule has 1 fully saturated rings. The van der Waals surface area contributed by atoms with E-state index < -0.39 is 0 Å². The monoisotopic (exact) mass is 509 g/mol. The van der Waals surface area contributed by atoms with Crippen LogP contribution in [0.3, 0.4) is 0 Å². The number of aryl methyl sites for hydroxylation is 3. The van der Waals surface area contributed by atoms with Gasteiger partial charge in [-0.25, -0.2) is 19.9 Å². The van der Waals surface area contributed by atoms with Gasteiger partial charge in [0.05, 0.1) is 18.6 Å². The summed E-state index contributed by atoms with van der Waals surface area (Å²) in [6.07, 6.45) is 13.7. The Balaban J connectivity index is 1.14. The average Bonchev–Trinajstić information content (AvgIpc) is 3.53. The molecule has 190 valence electrons. The van der Waals surface area contributed by atoms with Crippen LogP contribution in [0.5, 0.6) is 5.75 Å². The third-order valence-electron chi connectivity index (χ3n) is 6.65. The number of nitrogens with two attached hydrogens (primary N) is 1. The van der Waals surface area contributed by atoms with Gasteiger partial charge in [-0.15, -0.1) is 0 Å². The minimum atomic E-state index is 0.404. The highest BCUT2D eigenvalue weighted by molar-refractivity contribution is 6.29. The molecule has 36 heavy (non-hydrogen) atoms. The van der Waals surface area contributed by atoms with Crippen LogP contribution in [-0.4, -0.2) is 64.8 Å². The molecule has 5 rings (SSSR count). The third-order valence-corrected chi connectivity index (χ3v) is 6.85. The van der Waals surface area contributed by atoms with Crippen LogP contribution in [0, 0.1) is 6.92 Å². The molecule has 1 atom stereocenters. The summed E-state index contributed by atoms with van der Waals surface area (Å²) in [5.74, 6) is 2.04. The van der Waals surface area contributed by atoms with Crippen LogP contribution < -0.4 is 10.5 Å². The van der Waals surface area contributed by atoms with E-state index in [0.29, 0.717) is 29.3 Å². The van der Waals surface area contributed by atoms with Crippen molar-refractivity contribution in [2.45, 2.75) is 51.5 Å². The number of anilines is 1. The lowest BCUT2D eigenvalue weighted by atomic mass is 10.1. The molecule has 0 saturated carbocycles. The molecule has 0 spiro atoms. The summed E-state index contributed by atoms with van der Waals surface area (Å²) < 4.78 is 9.97. The van der Waals surface area contributed by atoms with Crippen LogP contribution in [0.1, 0.15) is 43.6 Å². The van der Waals surface area contributed by atoms with Gasteiger partial charge in [-0.3, -0.25) is 9.58 Å². The molecule has 4 aromatic heterocycles. The number of aromatic nitrogens is 7. The molecule has 1 saturated heterocycles. The van der Waals surface area contributed by atoms with Crippen molar-refractivity contribution in [2.24, 2.45) is 7.05 Å². The lowest BCUT2D eigenvalue weighted by Gasteiger charge is -2.24. The van der Waals surface area contributed by atoms with Gasteiger partial charge in [-0.1, -0.05) is 18.0 Å². The molecule has 1 aliphatic heterocycles. The summed E-state index contributed by atoms with van der Waals surface area (Å²) in [6.45, 7) is 4.77. The van der Waals surface area contributed by atoms with Crippen LogP contribution in [-0.2, 0) is 13.5 Å². The number of ether oxygens (including phenoxy) is 1. The van der Waals surface area contributed by atoms with Crippen molar-refractivity contribution < 1.29 is 4.74 Å². The van der Waals surface area contributed by atoms with E-state index in [0.717, 1.165) is 73.8 Å². The topological polar surface area (TPSA) is 112 Å². The van der Waals surface area contributed by atoms with Crippen molar-refractivity contribution in [3.8, 4) is 17.1 Å². The van der Waals surface area contributed by atoms with E-state index in [1.807, 2.05) is 24.6 Å². The second-order valence-corrected chi connectivity index (χ2v) is 9.77. The lowest BCUT2D eigenvalue weighted by Crippen LogP contribution is -2.35. The maximum atomic E-state index is 6.31. The Morgan fingerprint density at radius 2 is 2.03 bits per heavy atom. The Hall–Kier alpha value is -3.24. The van der Waals surface area contributed by atoms with E-state index in [9.17, 15) is 0 Å². The average molecular weight is 510 g/mol. The number of halogens is 1. The molecule has 0 unspecified atom stereocenters. The molecular weight excluding hydrogens is 478 g/mol. The van der Waals surface area contributed by atoms with Gasteiger partial charge in [0.1, 0.15) is 34.8 Å². The van der Waals surface area contributed by atoms with Crippen molar-refractivity contribution in [2.75, 3.05) is 25.4 Å². The molecule has 0 aliphatic carbocycles. The number of fused-ring (bicyclic) bond motifs is 1. The van der Waals surface area contributed by atoms with Crippen LogP contribution in [0.4, 0.5) is 5.82 Å². The first kappa shape index (κ1) is 24.5. The zero-order valence-corrected chi connectivity index (χ0v) is 21.5. The molecule has 2 N–H and O–H groups in total. The molecule has 0 amide bonds. The zero-order valence-electron chi connectivity index (χ0n) is 20.8. The summed E-state index contributed by atoms with van der Waals surface area (Å²) in [5, 5.41) is 4.94. The number of nitrogen functional groups attached to an aromatic ring is 1. The maximum Gasteiger partial charge on any atom is 0.166 e. The molecular formula is C25H32ClN9O. The standard InChI is InChI=1S/C25H32ClN9O/c1-17-11-21(26)31-23(30-17)8-4-3-5-9-34-10-6-7-18(34)16-36-20-12-29-33(2)25(20)19-14-35-15-22(27)32-24(35)13-28-19/h11-15,18H,3-10,16,27H2,1-2H3/t18-/m1/s1. The van der Waals surface area contributed by atoms with E-state index in [4.69, 9.17) is 22.1 Å². The van der Waals surface area contributed by atoms with Gasteiger partial charge in [-0.2, -0.15) is 5.10 Å². The summed E-state index contributed by atoms with van der Waals surface area (Å²) in [6, 6.07) is 2.20. The van der Waals surface area contributed by atoms with Crippen molar-refractivity contribution >= 4 is 23.1 Å². The molecule has 0 radical (unpaired) electrons. The Bertz CT molecular complexity index is 1310. The Kier molecular flexibility index (Phi) is 7.33. The van der Waals surface area contributed by atoms with Crippen molar-refractivity contribution in [1.82, 2.24) is 39.0 Å². The van der Waals surface area contributed by atoms with Gasteiger partial charge >= 0.3 is 0 Å². The molecule has 0 bridgehead atoms. The van der Waals surface area contributed by atoms with Crippen molar-refractivity contribution in [3.63, 3.8) is 0 Å². The Labute approximate surface area is 215 Å². The van der Waals surface area contributed by atoms with E-state index in [2.05, 4.69) is 29.9 Å². The lowest BCUT2D eigenvalue weighted by molar-refractivity contribution is 0.171. The third kappa shape index (κ3) is 5.60. The SMILES string of the molecule is Cc1cc(Cl)nc(CCCCCN2CCC[C@@H]2COc2cnn(C)c2-c2cn3cc(N)nc3cn2)n1. The van der Waals surface area contributed by atoms with Gasteiger partial charge < -0.3 is 14.9 Å². The van der Waals surface area contributed by atoms with E-state index in [1.165, 1.54) is 6.42 Å². The van der Waals surface area contributed by atoms with Crippen LogP contribution >= 0.6 is 11.6 Å². The van der Waals surface area contributed by atoms with Gasteiger partial charge in [0.25, 0.3) is 0 Å². The van der Waals surface area contributed by atoms with Crippen molar-refractivity contribution in [3.05, 3.63) is 47.5 Å². The van der Waals surface area contributed by atoms with E-state index in [-0.39, 0.29) is 0 Å². The number of likely N-dealkylation sites (tertiary alicyclic amines) is 1. The highest BCUT2D eigenvalue weighted by atomic mass is 35.5. The number of imidazole rings is 1. The van der Waals surface area contributed by atoms with Gasteiger partial charge in [-0.05, 0) is 51.8 Å².